The van der Waals surface area contributed by atoms with Crippen molar-refractivity contribution in [3.8, 4) is 23.8 Å². The Balaban J connectivity index is 1.64. The van der Waals surface area contributed by atoms with Crippen LogP contribution >= 0.6 is 0 Å². The first-order valence-electron chi connectivity index (χ1n) is 9.00. The van der Waals surface area contributed by atoms with Gasteiger partial charge in [-0.1, -0.05) is 12.0 Å². The predicted octanol–water partition coefficient (Wildman–Crippen LogP) is 2.34. The molecule has 0 spiro atoms. The van der Waals surface area contributed by atoms with Crippen LogP contribution in [0.2, 0.25) is 0 Å². The van der Waals surface area contributed by atoms with Crippen LogP contribution in [0.15, 0.2) is 42.6 Å². The van der Waals surface area contributed by atoms with Crippen molar-refractivity contribution in [3.63, 3.8) is 0 Å². The van der Waals surface area contributed by atoms with Crippen LogP contribution in [0.3, 0.4) is 0 Å². The molecule has 3 aromatic rings. The summed E-state index contributed by atoms with van der Waals surface area (Å²) in [4.78, 5) is 26.0. The van der Waals surface area contributed by atoms with E-state index in [1.807, 2.05) is 0 Å². The predicted molar refractivity (Wildman–Crippen MR) is 109 cm³/mol. The van der Waals surface area contributed by atoms with Crippen molar-refractivity contribution < 1.29 is 23.1 Å². The monoisotopic (exact) mass is 423 g/mol. The van der Waals surface area contributed by atoms with E-state index in [1.165, 1.54) is 40.0 Å². The molecule has 0 bridgehead atoms. The Bertz CT molecular complexity index is 1250. The molecule has 0 fully saturated rings. The van der Waals surface area contributed by atoms with E-state index >= 15 is 0 Å². The molecule has 31 heavy (non-hydrogen) atoms. The molecule has 8 nitrogen and oxygen atoms in total. The number of nitrogen functional groups attached to an aromatic ring is 1. The van der Waals surface area contributed by atoms with Crippen molar-refractivity contribution in [2.45, 2.75) is 0 Å². The third kappa shape index (κ3) is 3.64. The number of benzene rings is 2. The molecule has 2 amide bonds. The zero-order chi connectivity index (χ0) is 22.1. The molecule has 0 saturated heterocycles. The molecule has 2 aromatic carbocycles. The van der Waals surface area contributed by atoms with Gasteiger partial charge in [-0.15, -0.1) is 6.42 Å². The van der Waals surface area contributed by atoms with Gasteiger partial charge in [-0.05, 0) is 24.3 Å². The summed E-state index contributed by atoms with van der Waals surface area (Å²) in [7, 11) is 0. The van der Waals surface area contributed by atoms with Crippen LogP contribution < -0.4 is 20.7 Å². The highest BCUT2D eigenvalue weighted by atomic mass is 19.1. The quantitative estimate of drug-likeness (QED) is 0.627. The topological polar surface area (TPSA) is 102 Å². The first kappa shape index (κ1) is 19.9. The Morgan fingerprint density at radius 1 is 1.32 bits per heavy atom. The number of anilines is 3. The number of ether oxygens (including phenoxy) is 1. The largest absolute Gasteiger partial charge is 0.481 e. The Kier molecular flexibility index (Phi) is 5.00. The average Bonchev–Trinajstić information content (AvgIpc) is 3.13. The summed E-state index contributed by atoms with van der Waals surface area (Å²) in [5.74, 6) is 0.00544. The summed E-state index contributed by atoms with van der Waals surface area (Å²) in [5, 5.41) is 6.41. The normalized spacial score (nSPS) is 12.7. The number of terminal acetylenes is 1. The number of nitrogens with two attached hydrogens (primary N) is 1. The summed E-state index contributed by atoms with van der Waals surface area (Å²) in [6.45, 7) is -0.308. The number of hydrogen-bond acceptors (Lipinski definition) is 5. The molecule has 3 N–H and O–H groups in total. The van der Waals surface area contributed by atoms with Gasteiger partial charge >= 0.3 is 0 Å². The zero-order valence-electron chi connectivity index (χ0n) is 15.9. The van der Waals surface area contributed by atoms with Gasteiger partial charge in [0.1, 0.15) is 22.9 Å². The van der Waals surface area contributed by atoms with Gasteiger partial charge in [-0.2, -0.15) is 5.10 Å². The maximum absolute atomic E-state index is 14.5. The lowest BCUT2D eigenvalue weighted by molar-refractivity contribution is -0.121. The van der Waals surface area contributed by atoms with E-state index in [4.69, 9.17) is 16.9 Å². The minimum absolute atomic E-state index is 0.0401. The molecule has 0 aliphatic carbocycles. The number of nitrogens with zero attached hydrogens (tertiary/aromatic N) is 3. The van der Waals surface area contributed by atoms with Crippen molar-refractivity contribution in [1.29, 1.82) is 0 Å². The zero-order valence-corrected chi connectivity index (χ0v) is 15.9. The fourth-order valence-corrected chi connectivity index (χ4v) is 3.12. The Hall–Kier alpha value is -4.39. The van der Waals surface area contributed by atoms with Gasteiger partial charge in [0.25, 0.3) is 11.8 Å². The van der Waals surface area contributed by atoms with E-state index in [1.54, 1.807) is 6.07 Å². The maximum Gasteiger partial charge on any atom is 0.265 e. The first-order valence-corrected chi connectivity index (χ1v) is 9.00. The first-order chi connectivity index (χ1) is 14.9. The number of rotatable bonds is 4. The molecule has 10 heteroatoms. The summed E-state index contributed by atoms with van der Waals surface area (Å²) in [6.07, 6.45) is 6.49. The number of hydrogen-bond donors (Lipinski definition) is 2. The van der Waals surface area contributed by atoms with Gasteiger partial charge in [-0.25, -0.2) is 13.5 Å². The minimum atomic E-state index is -0.779. The summed E-state index contributed by atoms with van der Waals surface area (Å²) in [6, 6.07) is 7.80. The standard InChI is InChI=1S/C21H15F2N5O3/c1-2-6-27-17-9-16(15(23)8-18(17)31-11-19(27)29)26-21(30)14-10-25-28(20(14)24)13-5-3-4-12(22)7-13/h1,3-5,7-10H,6,11,24H2,(H,26,30). The molecule has 4 rings (SSSR count). The van der Waals surface area contributed by atoms with Crippen LogP contribution in [-0.4, -0.2) is 34.7 Å². The number of fused-ring (bicyclic) bond motifs is 1. The Labute approximate surface area is 175 Å². The summed E-state index contributed by atoms with van der Waals surface area (Å²) >= 11 is 0. The van der Waals surface area contributed by atoms with Gasteiger partial charge in [0.2, 0.25) is 0 Å². The smallest absolute Gasteiger partial charge is 0.265 e. The molecule has 1 aromatic heterocycles. The average molecular weight is 423 g/mol. The molecule has 156 valence electrons. The van der Waals surface area contributed by atoms with Gasteiger partial charge in [0.05, 0.1) is 29.8 Å². The number of amides is 2. The molecule has 0 radical (unpaired) electrons. The third-order valence-electron chi connectivity index (χ3n) is 4.59. The fraction of sp³-hybridized carbons (Fsp3) is 0.0952. The minimum Gasteiger partial charge on any atom is -0.481 e. The van der Waals surface area contributed by atoms with Crippen LogP contribution in [-0.2, 0) is 4.79 Å². The Morgan fingerprint density at radius 3 is 2.87 bits per heavy atom. The Morgan fingerprint density at radius 2 is 2.13 bits per heavy atom. The van der Waals surface area contributed by atoms with Crippen LogP contribution in [0.1, 0.15) is 10.4 Å². The van der Waals surface area contributed by atoms with Crippen molar-refractivity contribution in [2.24, 2.45) is 0 Å². The molecular weight excluding hydrogens is 408 g/mol. The number of carbonyl (C=O) groups excluding carboxylic acids is 2. The molecule has 1 aliphatic rings. The molecule has 2 heterocycles. The number of carbonyl (C=O) groups is 2. The highest BCUT2D eigenvalue weighted by molar-refractivity contribution is 6.08. The van der Waals surface area contributed by atoms with E-state index in [9.17, 15) is 18.4 Å². The molecular formula is C21H15F2N5O3. The highest BCUT2D eigenvalue weighted by Gasteiger charge is 2.27. The molecule has 0 atom stereocenters. The number of nitrogens with one attached hydrogen (secondary N) is 1. The molecule has 0 saturated carbocycles. The number of halogens is 2. The maximum atomic E-state index is 14.5. The summed E-state index contributed by atoms with van der Waals surface area (Å²) < 4.78 is 34.5. The lowest BCUT2D eigenvalue weighted by Crippen LogP contribution is -2.39. The second-order valence-electron chi connectivity index (χ2n) is 6.56. The van der Waals surface area contributed by atoms with Crippen LogP contribution in [0.4, 0.5) is 26.0 Å². The van der Waals surface area contributed by atoms with Crippen LogP contribution in [0, 0.1) is 24.0 Å². The van der Waals surface area contributed by atoms with Crippen LogP contribution in [0.25, 0.3) is 5.69 Å². The lowest BCUT2D eigenvalue weighted by atomic mass is 10.2. The van der Waals surface area contributed by atoms with E-state index in [0.717, 1.165) is 6.07 Å². The lowest BCUT2D eigenvalue weighted by Gasteiger charge is -2.28. The van der Waals surface area contributed by atoms with E-state index in [0.29, 0.717) is 5.69 Å². The van der Waals surface area contributed by atoms with Gasteiger partial charge in [-0.3, -0.25) is 14.5 Å². The molecule has 1 aliphatic heterocycles. The number of aromatic nitrogens is 2. The van der Waals surface area contributed by atoms with Crippen LogP contribution in [0.5, 0.6) is 5.75 Å². The SMILES string of the molecule is C#CCN1C(=O)COc2cc(F)c(NC(=O)c3cnn(-c4cccc(F)c4)c3N)cc21. The van der Waals surface area contributed by atoms with E-state index in [-0.39, 0.29) is 41.7 Å². The highest BCUT2D eigenvalue weighted by Crippen LogP contribution is 2.36. The molecule has 0 unspecified atom stereocenters. The third-order valence-corrected chi connectivity index (χ3v) is 4.59. The van der Waals surface area contributed by atoms with Gasteiger partial charge in [0, 0.05) is 6.07 Å². The van der Waals surface area contributed by atoms with E-state index < -0.39 is 23.4 Å². The van der Waals surface area contributed by atoms with Crippen molar-refractivity contribution in [3.05, 3.63) is 59.8 Å². The van der Waals surface area contributed by atoms with Crippen molar-refractivity contribution in [2.75, 3.05) is 29.1 Å². The second-order valence-corrected chi connectivity index (χ2v) is 6.56. The fourth-order valence-electron chi connectivity index (χ4n) is 3.12. The summed E-state index contributed by atoms with van der Waals surface area (Å²) in [5.41, 5.74) is 6.29. The van der Waals surface area contributed by atoms with Gasteiger partial charge < -0.3 is 15.8 Å². The van der Waals surface area contributed by atoms with E-state index in [2.05, 4.69) is 16.3 Å². The van der Waals surface area contributed by atoms with Crippen molar-refractivity contribution in [1.82, 2.24) is 9.78 Å². The van der Waals surface area contributed by atoms with Crippen molar-refractivity contribution >= 4 is 29.0 Å². The second kappa shape index (κ2) is 7.79. The van der Waals surface area contributed by atoms with Gasteiger partial charge in [0.15, 0.2) is 12.4 Å².